The summed E-state index contributed by atoms with van der Waals surface area (Å²) in [6.07, 6.45) is 35.2. The number of rotatable bonds is 40. The highest BCUT2D eigenvalue weighted by molar-refractivity contribution is 5.76. The van der Waals surface area contributed by atoms with Gasteiger partial charge in [0.1, 0.15) is 24.4 Å². The molecule has 0 aromatic carbocycles. The number of hydrogen-bond donors (Lipinski definition) is 6. The Bertz CT molecular complexity index is 1100. The molecular weight excluding hydrogens is 763 g/mol. The number of aliphatic hydroxyl groups excluding tert-OH is 5. The summed E-state index contributed by atoms with van der Waals surface area (Å²) >= 11 is 0. The van der Waals surface area contributed by atoms with E-state index in [1.807, 2.05) is 6.08 Å². The normalized spacial score (nSPS) is 20.7. The predicted molar refractivity (Wildman–Crippen MR) is 241 cm³/mol. The Labute approximate surface area is 364 Å². The highest BCUT2D eigenvalue weighted by atomic mass is 16.7. The Morgan fingerprint density at radius 2 is 1.08 bits per heavy atom. The summed E-state index contributed by atoms with van der Waals surface area (Å²) in [7, 11) is 0. The van der Waals surface area contributed by atoms with Crippen LogP contribution in [-0.2, 0) is 23.8 Å². The minimum Gasteiger partial charge on any atom is -0.466 e. The van der Waals surface area contributed by atoms with Crippen LogP contribution < -0.4 is 5.32 Å². The standard InChI is InChI=1S/C49H89NO10/c1-3-5-7-9-11-13-16-21-25-29-33-37-45(54)58-38-34-30-26-22-18-15-14-17-20-24-28-32-36-44(53)50-41(42(52)35-31-27-23-19-12-10-8-6-4-2)40-59-49-48(57)47(56)46(55)43(39-51)60-49/h12,15,18-19,31,35,41-43,46-49,51-52,55-57H,3-11,13-14,16-17,20-30,32-34,36-40H2,1-2H3,(H,50,53)/b18-15-,19-12+,35-31+. The number of allylic oxidation sites excluding steroid dienone is 5. The lowest BCUT2D eigenvalue weighted by Gasteiger charge is -2.40. The molecule has 0 aromatic rings. The van der Waals surface area contributed by atoms with E-state index in [1.54, 1.807) is 6.08 Å². The number of unbranched alkanes of at least 4 members (excludes halogenated alkanes) is 22. The van der Waals surface area contributed by atoms with E-state index < -0.39 is 49.5 Å². The molecule has 6 N–H and O–H groups in total. The number of ether oxygens (including phenoxy) is 3. The van der Waals surface area contributed by atoms with Crippen molar-refractivity contribution in [1.82, 2.24) is 5.32 Å². The van der Waals surface area contributed by atoms with Crippen LogP contribution in [0.5, 0.6) is 0 Å². The molecule has 1 heterocycles. The lowest BCUT2D eigenvalue weighted by Crippen LogP contribution is -2.60. The van der Waals surface area contributed by atoms with Crippen LogP contribution in [0.4, 0.5) is 0 Å². The van der Waals surface area contributed by atoms with Crippen molar-refractivity contribution in [2.45, 2.75) is 243 Å². The monoisotopic (exact) mass is 852 g/mol. The maximum Gasteiger partial charge on any atom is 0.305 e. The third-order valence-corrected chi connectivity index (χ3v) is 11.2. The molecule has 7 atom stereocenters. The van der Waals surface area contributed by atoms with Crippen molar-refractivity contribution >= 4 is 11.9 Å². The zero-order chi connectivity index (χ0) is 43.9. The molecule has 7 unspecified atom stereocenters. The summed E-state index contributed by atoms with van der Waals surface area (Å²) in [5, 5.41) is 53.9. The van der Waals surface area contributed by atoms with Gasteiger partial charge in [-0.2, -0.15) is 0 Å². The van der Waals surface area contributed by atoms with E-state index in [0.29, 0.717) is 25.9 Å². The van der Waals surface area contributed by atoms with Crippen molar-refractivity contribution in [3.8, 4) is 0 Å². The second kappa shape index (κ2) is 39.7. The molecule has 11 nitrogen and oxygen atoms in total. The summed E-state index contributed by atoms with van der Waals surface area (Å²) in [4.78, 5) is 24.9. The van der Waals surface area contributed by atoms with Crippen molar-refractivity contribution in [2.75, 3.05) is 19.8 Å². The van der Waals surface area contributed by atoms with Crippen molar-refractivity contribution in [2.24, 2.45) is 0 Å². The molecule has 1 aliphatic heterocycles. The van der Waals surface area contributed by atoms with E-state index in [0.717, 1.165) is 89.9 Å². The number of amides is 1. The second-order valence-electron chi connectivity index (χ2n) is 16.8. The minimum absolute atomic E-state index is 0.0495. The van der Waals surface area contributed by atoms with Gasteiger partial charge in [0.2, 0.25) is 5.91 Å². The molecule has 11 heteroatoms. The number of carbonyl (C=O) groups is 2. The van der Waals surface area contributed by atoms with Gasteiger partial charge in [-0.05, 0) is 77.0 Å². The molecule has 1 rings (SSSR count). The number of aliphatic hydroxyl groups is 5. The van der Waals surface area contributed by atoms with E-state index in [2.05, 4.69) is 43.5 Å². The largest absolute Gasteiger partial charge is 0.466 e. The van der Waals surface area contributed by atoms with Crippen LogP contribution in [0, 0.1) is 0 Å². The number of esters is 1. The molecule has 0 radical (unpaired) electrons. The smallest absolute Gasteiger partial charge is 0.305 e. The van der Waals surface area contributed by atoms with E-state index >= 15 is 0 Å². The van der Waals surface area contributed by atoms with Crippen LogP contribution in [0.25, 0.3) is 0 Å². The number of nitrogens with one attached hydrogen (secondary N) is 1. The Kier molecular flexibility index (Phi) is 37.0. The van der Waals surface area contributed by atoms with E-state index in [4.69, 9.17) is 14.2 Å². The lowest BCUT2D eigenvalue weighted by atomic mass is 9.99. The Morgan fingerprint density at radius 1 is 0.600 bits per heavy atom. The second-order valence-corrected chi connectivity index (χ2v) is 16.8. The SMILES string of the molecule is CCCCC/C=C/CC/C=C/C(O)C(COC1OC(CO)C(O)C(O)C1O)NC(=O)CCCCCCC/C=C\CCCCCOC(=O)CCCCCCCCCCCCC. The van der Waals surface area contributed by atoms with Crippen LogP contribution in [0.15, 0.2) is 36.5 Å². The molecule has 350 valence electrons. The van der Waals surface area contributed by atoms with Crippen molar-refractivity contribution < 1.29 is 49.3 Å². The van der Waals surface area contributed by atoms with Gasteiger partial charge in [-0.3, -0.25) is 9.59 Å². The van der Waals surface area contributed by atoms with Gasteiger partial charge in [0, 0.05) is 12.8 Å². The van der Waals surface area contributed by atoms with E-state index in [-0.39, 0.29) is 18.5 Å². The van der Waals surface area contributed by atoms with Crippen molar-refractivity contribution in [3.05, 3.63) is 36.5 Å². The van der Waals surface area contributed by atoms with Gasteiger partial charge >= 0.3 is 5.97 Å². The fourth-order valence-corrected chi connectivity index (χ4v) is 7.26. The highest BCUT2D eigenvalue weighted by Gasteiger charge is 2.44. The first-order valence-electron chi connectivity index (χ1n) is 24.3. The topological polar surface area (TPSA) is 175 Å². The van der Waals surface area contributed by atoms with Crippen LogP contribution >= 0.6 is 0 Å². The molecule has 1 fully saturated rings. The van der Waals surface area contributed by atoms with Gasteiger partial charge < -0.3 is 45.1 Å². The summed E-state index contributed by atoms with van der Waals surface area (Å²) in [5.41, 5.74) is 0. The number of hydrogen-bond acceptors (Lipinski definition) is 10. The molecule has 0 aliphatic carbocycles. The summed E-state index contributed by atoms with van der Waals surface area (Å²) < 4.78 is 16.6. The maximum absolute atomic E-state index is 12.9. The quantitative estimate of drug-likeness (QED) is 0.0198. The maximum atomic E-state index is 12.9. The first-order valence-corrected chi connectivity index (χ1v) is 24.3. The van der Waals surface area contributed by atoms with Crippen LogP contribution in [-0.4, -0.2) is 100 Å². The molecule has 1 saturated heterocycles. The fraction of sp³-hybridized carbons (Fsp3) is 0.837. The molecular formula is C49H89NO10. The first kappa shape index (κ1) is 55.9. The summed E-state index contributed by atoms with van der Waals surface area (Å²) in [6.45, 7) is 4.16. The Morgan fingerprint density at radius 3 is 1.68 bits per heavy atom. The molecule has 0 bridgehead atoms. The molecule has 0 spiro atoms. The van der Waals surface area contributed by atoms with E-state index in [1.165, 1.54) is 77.0 Å². The van der Waals surface area contributed by atoms with Gasteiger partial charge in [-0.15, -0.1) is 0 Å². The molecule has 1 amide bonds. The third-order valence-electron chi connectivity index (χ3n) is 11.2. The zero-order valence-electron chi connectivity index (χ0n) is 37.9. The van der Waals surface area contributed by atoms with Gasteiger partial charge in [0.05, 0.1) is 32.0 Å². The Balaban J connectivity index is 2.21. The Hall–Kier alpha value is -2.12. The average molecular weight is 852 g/mol. The van der Waals surface area contributed by atoms with Gasteiger partial charge in [0.15, 0.2) is 6.29 Å². The highest BCUT2D eigenvalue weighted by Crippen LogP contribution is 2.22. The van der Waals surface area contributed by atoms with Crippen LogP contribution in [0.3, 0.4) is 0 Å². The van der Waals surface area contributed by atoms with Gasteiger partial charge in [0.25, 0.3) is 0 Å². The van der Waals surface area contributed by atoms with Crippen LogP contribution in [0.2, 0.25) is 0 Å². The zero-order valence-corrected chi connectivity index (χ0v) is 37.9. The molecule has 0 aromatic heterocycles. The summed E-state index contributed by atoms with van der Waals surface area (Å²) in [5.74, 6) is -0.271. The molecule has 1 aliphatic rings. The minimum atomic E-state index is -1.58. The third kappa shape index (κ3) is 30.0. The summed E-state index contributed by atoms with van der Waals surface area (Å²) in [6, 6.07) is -0.844. The van der Waals surface area contributed by atoms with Gasteiger partial charge in [-0.1, -0.05) is 147 Å². The predicted octanol–water partition coefficient (Wildman–Crippen LogP) is 9.21. The van der Waals surface area contributed by atoms with Crippen molar-refractivity contribution in [1.29, 1.82) is 0 Å². The molecule has 0 saturated carbocycles. The first-order chi connectivity index (χ1) is 29.2. The number of carbonyl (C=O) groups excluding carboxylic acids is 2. The van der Waals surface area contributed by atoms with E-state index in [9.17, 15) is 35.1 Å². The van der Waals surface area contributed by atoms with Gasteiger partial charge in [-0.25, -0.2) is 0 Å². The van der Waals surface area contributed by atoms with Crippen molar-refractivity contribution in [3.63, 3.8) is 0 Å². The average Bonchev–Trinajstić information content (AvgIpc) is 3.24. The van der Waals surface area contributed by atoms with Crippen LogP contribution in [0.1, 0.15) is 200 Å². The lowest BCUT2D eigenvalue weighted by molar-refractivity contribution is -0.302. The fourth-order valence-electron chi connectivity index (χ4n) is 7.26. The molecule has 60 heavy (non-hydrogen) atoms.